The Kier molecular flexibility index (Phi) is 16.5. The Labute approximate surface area is 131 Å². The van der Waals surface area contributed by atoms with Crippen molar-refractivity contribution in [2.24, 2.45) is 5.90 Å². The molecule has 0 fully saturated rings. The van der Waals surface area contributed by atoms with Crippen molar-refractivity contribution in [3.8, 4) is 0 Å². The summed E-state index contributed by atoms with van der Waals surface area (Å²) in [5, 5.41) is 0. The van der Waals surface area contributed by atoms with Gasteiger partial charge in [-0.1, -0.05) is 90.0 Å². The van der Waals surface area contributed by atoms with Crippen molar-refractivity contribution < 1.29 is 9.63 Å². The summed E-state index contributed by atoms with van der Waals surface area (Å²) in [6.45, 7) is 2.27. The molecule has 0 saturated carbocycles. The first-order valence-electron chi connectivity index (χ1n) is 8.88. The summed E-state index contributed by atoms with van der Waals surface area (Å²) in [7, 11) is 0. The summed E-state index contributed by atoms with van der Waals surface area (Å²) in [4.78, 5) is 14.8. The molecule has 0 atom stereocenters. The van der Waals surface area contributed by atoms with E-state index in [4.69, 9.17) is 5.90 Å². The van der Waals surface area contributed by atoms with E-state index in [0.717, 1.165) is 12.8 Å². The highest BCUT2D eigenvalue weighted by Crippen LogP contribution is 2.12. The second-order valence-electron chi connectivity index (χ2n) is 5.87. The van der Waals surface area contributed by atoms with Gasteiger partial charge in [0.25, 0.3) is 0 Å². The molecule has 0 heterocycles. The van der Waals surface area contributed by atoms with Crippen LogP contribution in [0.5, 0.6) is 0 Å². The molecule has 0 aromatic rings. The molecule has 0 unspecified atom stereocenters. The molecule has 0 amide bonds. The van der Waals surface area contributed by atoms with Crippen molar-refractivity contribution in [2.75, 3.05) is 0 Å². The van der Waals surface area contributed by atoms with Gasteiger partial charge in [0.1, 0.15) is 0 Å². The molecule has 124 valence electrons. The summed E-state index contributed by atoms with van der Waals surface area (Å²) < 4.78 is 0. The van der Waals surface area contributed by atoms with Gasteiger partial charge in [0, 0.05) is 6.08 Å². The van der Waals surface area contributed by atoms with Gasteiger partial charge in [-0.15, -0.1) is 0 Å². The van der Waals surface area contributed by atoms with E-state index in [0.29, 0.717) is 0 Å². The van der Waals surface area contributed by atoms with Gasteiger partial charge in [-0.3, -0.25) is 0 Å². The van der Waals surface area contributed by atoms with Crippen molar-refractivity contribution in [3.05, 3.63) is 12.2 Å². The number of unbranched alkanes of at least 4 members (excludes halogenated alkanes) is 13. The van der Waals surface area contributed by atoms with Crippen molar-refractivity contribution in [1.29, 1.82) is 0 Å². The van der Waals surface area contributed by atoms with Crippen molar-refractivity contribution in [3.63, 3.8) is 0 Å². The molecular formula is C18H35NO2. The summed E-state index contributed by atoms with van der Waals surface area (Å²) in [6, 6.07) is 0. The minimum Gasteiger partial charge on any atom is -0.370 e. The number of carbonyl (C=O) groups excluding carboxylic acids is 1. The van der Waals surface area contributed by atoms with E-state index in [-0.39, 0.29) is 0 Å². The number of rotatable bonds is 15. The Morgan fingerprint density at radius 2 is 1.24 bits per heavy atom. The quantitative estimate of drug-likeness (QED) is 0.249. The van der Waals surface area contributed by atoms with Crippen LogP contribution in [0.1, 0.15) is 96.8 Å². The Hall–Kier alpha value is -0.830. The van der Waals surface area contributed by atoms with E-state index in [1.165, 1.54) is 83.1 Å². The second kappa shape index (κ2) is 17.2. The molecule has 0 aliphatic rings. The van der Waals surface area contributed by atoms with Crippen LogP contribution < -0.4 is 5.90 Å². The molecular weight excluding hydrogens is 262 g/mol. The van der Waals surface area contributed by atoms with Gasteiger partial charge < -0.3 is 4.84 Å². The molecule has 0 rings (SSSR count). The van der Waals surface area contributed by atoms with E-state index >= 15 is 0 Å². The fraction of sp³-hybridized carbons (Fsp3) is 0.833. The maximum atomic E-state index is 10.7. The molecule has 0 aliphatic heterocycles. The van der Waals surface area contributed by atoms with Crippen LogP contribution in [-0.4, -0.2) is 5.97 Å². The summed E-state index contributed by atoms with van der Waals surface area (Å²) in [5.41, 5.74) is 0. The number of hydrogen-bond donors (Lipinski definition) is 1. The van der Waals surface area contributed by atoms with Crippen molar-refractivity contribution >= 4 is 5.97 Å². The SMILES string of the molecule is CCCCCCCCCCCCCCC/C=C/C(=O)ON. The van der Waals surface area contributed by atoms with E-state index < -0.39 is 5.97 Å². The zero-order chi connectivity index (χ0) is 15.6. The predicted molar refractivity (Wildman–Crippen MR) is 89.7 cm³/mol. The molecule has 0 bridgehead atoms. The number of hydrogen-bond acceptors (Lipinski definition) is 3. The minimum absolute atomic E-state index is 0.468. The average Bonchev–Trinajstić information content (AvgIpc) is 2.50. The molecule has 21 heavy (non-hydrogen) atoms. The van der Waals surface area contributed by atoms with Gasteiger partial charge in [-0.2, -0.15) is 5.90 Å². The highest BCUT2D eigenvalue weighted by Gasteiger charge is 1.94. The van der Waals surface area contributed by atoms with Crippen LogP contribution in [0, 0.1) is 0 Å². The Balaban J connectivity index is 3.06. The largest absolute Gasteiger partial charge is 0.370 e. The van der Waals surface area contributed by atoms with Gasteiger partial charge >= 0.3 is 5.97 Å². The molecule has 0 aliphatic carbocycles. The highest BCUT2D eigenvalue weighted by molar-refractivity contribution is 5.81. The molecule has 0 saturated heterocycles. The first-order valence-corrected chi connectivity index (χ1v) is 8.88. The van der Waals surface area contributed by atoms with Gasteiger partial charge in [0.15, 0.2) is 0 Å². The van der Waals surface area contributed by atoms with E-state index in [1.807, 2.05) is 6.08 Å². The minimum atomic E-state index is -0.468. The fourth-order valence-corrected chi connectivity index (χ4v) is 2.50. The molecule has 0 radical (unpaired) electrons. The van der Waals surface area contributed by atoms with Crippen LogP contribution in [0.15, 0.2) is 12.2 Å². The van der Waals surface area contributed by atoms with E-state index in [2.05, 4.69) is 11.8 Å². The summed E-state index contributed by atoms with van der Waals surface area (Å²) >= 11 is 0. The van der Waals surface area contributed by atoms with Crippen LogP contribution in [0.3, 0.4) is 0 Å². The van der Waals surface area contributed by atoms with Crippen molar-refractivity contribution in [2.45, 2.75) is 96.8 Å². The topological polar surface area (TPSA) is 52.3 Å². The first-order chi connectivity index (χ1) is 10.3. The first kappa shape index (κ1) is 20.2. The molecule has 2 N–H and O–H groups in total. The lowest BCUT2D eigenvalue weighted by Crippen LogP contribution is -2.05. The highest BCUT2D eigenvalue weighted by atomic mass is 16.7. The lowest BCUT2D eigenvalue weighted by molar-refractivity contribution is -0.138. The van der Waals surface area contributed by atoms with Gasteiger partial charge in [-0.25, -0.2) is 4.79 Å². The molecule has 0 aromatic carbocycles. The van der Waals surface area contributed by atoms with Crippen LogP contribution in [-0.2, 0) is 9.63 Å². The maximum absolute atomic E-state index is 10.7. The number of allylic oxidation sites excluding steroid dienone is 1. The zero-order valence-corrected chi connectivity index (χ0v) is 13.9. The third-order valence-electron chi connectivity index (χ3n) is 3.84. The van der Waals surface area contributed by atoms with Gasteiger partial charge in [0.2, 0.25) is 0 Å². The smallest absolute Gasteiger partial charge is 0.348 e. The number of nitrogens with two attached hydrogens (primary N) is 1. The van der Waals surface area contributed by atoms with Gasteiger partial charge in [-0.05, 0) is 12.8 Å². The fourth-order valence-electron chi connectivity index (χ4n) is 2.50. The van der Waals surface area contributed by atoms with E-state index in [1.54, 1.807) is 0 Å². The summed E-state index contributed by atoms with van der Waals surface area (Å²) in [6.07, 6.45) is 21.9. The van der Waals surface area contributed by atoms with E-state index in [9.17, 15) is 4.79 Å². The standard InChI is InChI=1S/C18H35NO2/c1-2-3-4-5-6-7-8-9-10-11-12-13-14-15-16-17-18(20)21-19/h16-17H,2-15,19H2,1H3/b17-16+. The molecule has 3 heteroatoms. The normalized spacial score (nSPS) is 11.1. The van der Waals surface area contributed by atoms with Crippen LogP contribution in [0.25, 0.3) is 0 Å². The average molecular weight is 297 g/mol. The summed E-state index contributed by atoms with van der Waals surface area (Å²) in [5.74, 6) is 4.26. The van der Waals surface area contributed by atoms with Gasteiger partial charge in [0.05, 0.1) is 0 Å². The molecule has 0 aromatic heterocycles. The molecule has 3 nitrogen and oxygen atoms in total. The zero-order valence-electron chi connectivity index (χ0n) is 13.9. The second-order valence-corrected chi connectivity index (χ2v) is 5.87. The number of carbonyl (C=O) groups is 1. The Morgan fingerprint density at radius 3 is 1.67 bits per heavy atom. The Bertz CT molecular complexity index is 252. The van der Waals surface area contributed by atoms with Crippen molar-refractivity contribution in [1.82, 2.24) is 0 Å². The van der Waals surface area contributed by atoms with Crippen LogP contribution in [0.4, 0.5) is 0 Å². The molecule has 0 spiro atoms. The Morgan fingerprint density at radius 1 is 0.810 bits per heavy atom. The predicted octanol–water partition coefficient (Wildman–Crippen LogP) is 5.44. The van der Waals surface area contributed by atoms with Crippen LogP contribution in [0.2, 0.25) is 0 Å². The maximum Gasteiger partial charge on any atom is 0.348 e. The lowest BCUT2D eigenvalue weighted by Gasteiger charge is -2.02. The third-order valence-corrected chi connectivity index (χ3v) is 3.84. The third kappa shape index (κ3) is 17.1. The lowest BCUT2D eigenvalue weighted by atomic mass is 10.0. The monoisotopic (exact) mass is 297 g/mol. The van der Waals surface area contributed by atoms with Crippen LogP contribution >= 0.6 is 0 Å².